The van der Waals surface area contributed by atoms with E-state index in [1.165, 1.54) is 30.3 Å². The quantitative estimate of drug-likeness (QED) is 0.453. The third kappa shape index (κ3) is 4.73. The predicted molar refractivity (Wildman–Crippen MR) is 117 cm³/mol. The van der Waals surface area contributed by atoms with Crippen LogP contribution in [0.4, 0.5) is 11.4 Å². The van der Waals surface area contributed by atoms with Crippen molar-refractivity contribution < 1.29 is 28.2 Å². The van der Waals surface area contributed by atoms with Crippen LogP contribution in [0.2, 0.25) is 0 Å². The number of carboxylic acids is 1. The molecule has 0 aliphatic carbocycles. The summed E-state index contributed by atoms with van der Waals surface area (Å²) >= 11 is 0. The van der Waals surface area contributed by atoms with Gasteiger partial charge in [0.05, 0.1) is 35.8 Å². The average Bonchev–Trinajstić information content (AvgIpc) is 3.33. The van der Waals surface area contributed by atoms with Crippen molar-refractivity contribution in [3.05, 3.63) is 48.3 Å². The minimum Gasteiger partial charge on any atom is -0.495 e. The third-order valence-corrected chi connectivity index (χ3v) is 6.66. The van der Waals surface area contributed by atoms with Gasteiger partial charge in [0.2, 0.25) is 0 Å². The first kappa shape index (κ1) is 22.5. The Bertz CT molecular complexity index is 1260. The van der Waals surface area contributed by atoms with Gasteiger partial charge in [0.25, 0.3) is 10.0 Å². The van der Waals surface area contributed by atoms with Gasteiger partial charge in [0.15, 0.2) is 0 Å². The van der Waals surface area contributed by atoms with Crippen molar-refractivity contribution in [2.24, 2.45) is 0 Å². The summed E-state index contributed by atoms with van der Waals surface area (Å²) in [5.74, 6) is -1.27. The first-order valence-electron chi connectivity index (χ1n) is 10.0. The Morgan fingerprint density at radius 2 is 2.06 bits per heavy atom. The minimum atomic E-state index is -4.26. The Morgan fingerprint density at radius 1 is 1.24 bits per heavy atom. The van der Waals surface area contributed by atoms with Gasteiger partial charge < -0.3 is 19.8 Å². The van der Waals surface area contributed by atoms with Gasteiger partial charge in [-0.3, -0.25) is 4.72 Å². The number of aromatic nitrogens is 4. The molecule has 0 bridgehead atoms. The zero-order valence-corrected chi connectivity index (χ0v) is 18.4. The molecule has 2 heterocycles. The fraction of sp³-hybridized carbons (Fsp3) is 0.300. The molecule has 0 saturated carbocycles. The average molecular weight is 474 g/mol. The van der Waals surface area contributed by atoms with E-state index in [-0.39, 0.29) is 21.9 Å². The summed E-state index contributed by atoms with van der Waals surface area (Å²) in [5, 5.41) is 30.5. The molecule has 0 radical (unpaired) electrons. The maximum Gasteiger partial charge on any atom is 0.335 e. The molecule has 1 aliphatic heterocycles. The fourth-order valence-electron chi connectivity index (χ4n) is 3.70. The van der Waals surface area contributed by atoms with Crippen molar-refractivity contribution in [1.82, 2.24) is 20.2 Å². The Balaban J connectivity index is 1.79. The summed E-state index contributed by atoms with van der Waals surface area (Å²) in [4.78, 5) is 13.0. The fourth-order valence-corrected chi connectivity index (χ4v) is 4.96. The third-order valence-electron chi connectivity index (χ3n) is 5.28. The number of carbonyl (C=O) groups is 1. The number of rotatable bonds is 7. The minimum absolute atomic E-state index is 0.000856. The number of β-amino-alcohol motifs (C(OH)–C–C–N with tert-alkyl or cyclic N) is 1. The second kappa shape index (κ2) is 9.03. The topological polar surface area (TPSA) is 160 Å². The highest BCUT2D eigenvalue weighted by Crippen LogP contribution is 2.34. The first-order chi connectivity index (χ1) is 15.8. The van der Waals surface area contributed by atoms with E-state index >= 15 is 0 Å². The van der Waals surface area contributed by atoms with E-state index in [0.29, 0.717) is 30.9 Å². The molecule has 1 unspecified atom stereocenters. The number of nitrogens with zero attached hydrogens (tertiary/aromatic N) is 5. The van der Waals surface area contributed by atoms with Crippen LogP contribution < -0.4 is 14.4 Å². The van der Waals surface area contributed by atoms with E-state index in [0.717, 1.165) is 12.5 Å². The molecule has 2 aromatic carbocycles. The number of tetrazole rings is 1. The highest BCUT2D eigenvalue weighted by Gasteiger charge is 2.26. The summed E-state index contributed by atoms with van der Waals surface area (Å²) in [6, 6.07) is 8.61. The van der Waals surface area contributed by atoms with Gasteiger partial charge >= 0.3 is 5.97 Å². The van der Waals surface area contributed by atoms with Crippen LogP contribution in [0.5, 0.6) is 5.75 Å². The summed E-state index contributed by atoms with van der Waals surface area (Å²) in [6.07, 6.45) is 2.25. The van der Waals surface area contributed by atoms with Crippen LogP contribution in [0.25, 0.3) is 5.69 Å². The van der Waals surface area contributed by atoms with E-state index in [9.17, 15) is 23.4 Å². The molecule has 174 valence electrons. The molecule has 1 aliphatic rings. The van der Waals surface area contributed by atoms with Crippen molar-refractivity contribution >= 4 is 27.4 Å². The van der Waals surface area contributed by atoms with E-state index in [2.05, 4.69) is 20.2 Å². The number of benzene rings is 2. The van der Waals surface area contributed by atoms with Gasteiger partial charge in [-0.1, -0.05) is 0 Å². The van der Waals surface area contributed by atoms with Crippen molar-refractivity contribution in [2.75, 3.05) is 29.8 Å². The Labute approximate surface area is 189 Å². The van der Waals surface area contributed by atoms with Gasteiger partial charge in [-0.05, 0) is 59.7 Å². The van der Waals surface area contributed by atoms with E-state index in [1.54, 1.807) is 18.2 Å². The van der Waals surface area contributed by atoms with Crippen molar-refractivity contribution in [3.63, 3.8) is 0 Å². The molecule has 0 spiro atoms. The lowest BCUT2D eigenvalue weighted by Gasteiger charge is -2.33. The second-order valence-corrected chi connectivity index (χ2v) is 9.13. The molecule has 4 rings (SSSR count). The first-order valence-corrected chi connectivity index (χ1v) is 11.5. The van der Waals surface area contributed by atoms with Crippen molar-refractivity contribution in [2.45, 2.75) is 23.8 Å². The van der Waals surface area contributed by atoms with Gasteiger partial charge in [-0.25, -0.2) is 17.9 Å². The van der Waals surface area contributed by atoms with Crippen LogP contribution in [-0.2, 0) is 10.0 Å². The molecule has 3 N–H and O–H groups in total. The summed E-state index contributed by atoms with van der Waals surface area (Å²) in [5.41, 5.74) is 1.09. The number of hydrogen-bond acceptors (Lipinski definition) is 9. The number of sulfonamides is 1. The van der Waals surface area contributed by atoms with Crippen LogP contribution in [0.3, 0.4) is 0 Å². The maximum absolute atomic E-state index is 13.4. The Morgan fingerprint density at radius 3 is 2.73 bits per heavy atom. The molecular formula is C20H22N6O6S. The number of piperidine rings is 1. The van der Waals surface area contributed by atoms with Crippen LogP contribution >= 0.6 is 0 Å². The zero-order valence-electron chi connectivity index (χ0n) is 17.6. The van der Waals surface area contributed by atoms with E-state index < -0.39 is 22.1 Å². The number of methoxy groups -OCH3 is 1. The number of hydrogen-bond donors (Lipinski definition) is 3. The lowest BCUT2D eigenvalue weighted by atomic mass is 10.1. The van der Waals surface area contributed by atoms with Gasteiger partial charge in [0.1, 0.15) is 17.0 Å². The van der Waals surface area contributed by atoms with Crippen LogP contribution in [0.15, 0.2) is 47.6 Å². The van der Waals surface area contributed by atoms with Crippen molar-refractivity contribution in [1.29, 1.82) is 0 Å². The molecule has 1 saturated heterocycles. The highest BCUT2D eigenvalue weighted by molar-refractivity contribution is 7.92. The smallest absolute Gasteiger partial charge is 0.335 e. The molecule has 1 atom stereocenters. The number of nitrogens with one attached hydrogen (secondary N) is 1. The van der Waals surface area contributed by atoms with Crippen LogP contribution in [-0.4, -0.2) is 71.1 Å². The normalized spacial score (nSPS) is 16.4. The van der Waals surface area contributed by atoms with Gasteiger partial charge in [0, 0.05) is 13.1 Å². The molecule has 3 aromatic rings. The maximum atomic E-state index is 13.4. The number of aliphatic hydroxyl groups is 1. The van der Waals surface area contributed by atoms with Crippen LogP contribution in [0.1, 0.15) is 23.2 Å². The standard InChI is InChI=1S/C20H22N6O6S/c1-32-18-7-4-13(20(28)29)9-19(18)33(30,31)22-16-10-14(26-12-21-23-24-26)5-6-17(16)25-8-2-3-15(27)11-25/h4-7,9-10,12,15,22,27H,2-3,8,11H2,1H3,(H,28,29). The number of aliphatic hydroxyl groups excluding tert-OH is 1. The summed E-state index contributed by atoms with van der Waals surface area (Å²) in [6.45, 7) is 0.977. The number of ether oxygens (including phenoxy) is 1. The Kier molecular flexibility index (Phi) is 6.16. The second-order valence-electron chi connectivity index (χ2n) is 7.47. The molecule has 1 fully saturated rings. The molecule has 33 heavy (non-hydrogen) atoms. The lowest BCUT2D eigenvalue weighted by Crippen LogP contribution is -2.38. The largest absolute Gasteiger partial charge is 0.495 e. The van der Waals surface area contributed by atoms with E-state index in [1.807, 2.05) is 4.90 Å². The van der Waals surface area contributed by atoms with Gasteiger partial charge in [-0.2, -0.15) is 0 Å². The molecule has 1 aromatic heterocycles. The molecule has 12 nitrogen and oxygen atoms in total. The highest BCUT2D eigenvalue weighted by atomic mass is 32.2. The summed E-state index contributed by atoms with van der Waals surface area (Å²) < 4.78 is 35.8. The van der Waals surface area contributed by atoms with Gasteiger partial charge in [-0.15, -0.1) is 5.10 Å². The lowest BCUT2D eigenvalue weighted by molar-refractivity contribution is 0.0696. The molecule has 0 amide bonds. The monoisotopic (exact) mass is 474 g/mol. The Hall–Kier alpha value is -3.71. The molecule has 13 heteroatoms. The number of anilines is 2. The summed E-state index contributed by atoms with van der Waals surface area (Å²) in [7, 11) is -2.96. The predicted octanol–water partition coefficient (Wildman–Crippen LogP) is 1.13. The SMILES string of the molecule is COc1ccc(C(=O)O)cc1S(=O)(=O)Nc1cc(-n2cnnn2)ccc1N1CCCC(O)C1. The molecular weight excluding hydrogens is 452 g/mol. The van der Waals surface area contributed by atoms with E-state index in [4.69, 9.17) is 4.74 Å². The number of carboxylic acid groups (broad SMARTS) is 1. The van der Waals surface area contributed by atoms with Crippen LogP contribution in [0, 0.1) is 0 Å². The zero-order chi connectivity index (χ0) is 23.6. The number of aromatic carboxylic acids is 1. The van der Waals surface area contributed by atoms with Crippen molar-refractivity contribution in [3.8, 4) is 11.4 Å².